The van der Waals surface area contributed by atoms with E-state index in [0.29, 0.717) is 12.1 Å². The van der Waals surface area contributed by atoms with E-state index in [1.54, 1.807) is 36.4 Å². The van der Waals surface area contributed by atoms with Gasteiger partial charge >= 0.3 is 0 Å². The standard InChI is InChI=1S/C28H30FN3O3/c29-24-9-3-4-10-25(24)31-27(33)20-35-26-11-5-2-8-23(26)28(34)30-18-21-12-14-22(15-13-21)19-32-16-6-1-7-17-32/h2-5,8-15H,1,6-7,16-20H2,(H,30,34)(H,31,33). The van der Waals surface area contributed by atoms with Gasteiger partial charge in [0.15, 0.2) is 6.61 Å². The first-order chi connectivity index (χ1) is 17.1. The third-order valence-corrected chi connectivity index (χ3v) is 5.97. The zero-order valence-electron chi connectivity index (χ0n) is 19.6. The molecule has 1 aliphatic heterocycles. The van der Waals surface area contributed by atoms with E-state index in [2.05, 4.69) is 27.7 Å². The lowest BCUT2D eigenvalue weighted by atomic mass is 10.1. The highest BCUT2D eigenvalue weighted by atomic mass is 19.1. The van der Waals surface area contributed by atoms with Crippen molar-refractivity contribution in [3.8, 4) is 5.75 Å². The minimum atomic E-state index is -0.528. The number of nitrogens with one attached hydrogen (secondary N) is 2. The summed E-state index contributed by atoms with van der Waals surface area (Å²) in [4.78, 5) is 27.5. The normalized spacial score (nSPS) is 13.7. The van der Waals surface area contributed by atoms with Crippen molar-refractivity contribution >= 4 is 17.5 Å². The molecule has 1 fully saturated rings. The molecule has 35 heavy (non-hydrogen) atoms. The summed E-state index contributed by atoms with van der Waals surface area (Å²) in [6.07, 6.45) is 3.86. The first kappa shape index (κ1) is 24.4. The van der Waals surface area contributed by atoms with Crippen LogP contribution in [0.3, 0.4) is 0 Å². The average molecular weight is 476 g/mol. The summed E-state index contributed by atoms with van der Waals surface area (Å²) in [6, 6.07) is 20.9. The SMILES string of the molecule is O=C(COc1ccccc1C(=O)NCc1ccc(CN2CCCCC2)cc1)Nc1ccccc1F. The van der Waals surface area contributed by atoms with Crippen molar-refractivity contribution in [1.82, 2.24) is 10.2 Å². The van der Waals surface area contributed by atoms with Gasteiger partial charge in [-0.05, 0) is 61.3 Å². The first-order valence-electron chi connectivity index (χ1n) is 11.9. The fourth-order valence-electron chi connectivity index (χ4n) is 4.09. The van der Waals surface area contributed by atoms with E-state index in [4.69, 9.17) is 4.74 Å². The number of halogens is 1. The molecule has 182 valence electrons. The molecule has 2 N–H and O–H groups in total. The molecule has 2 amide bonds. The summed E-state index contributed by atoms with van der Waals surface area (Å²) < 4.78 is 19.3. The maximum atomic E-state index is 13.7. The Labute approximate surface area is 205 Å². The van der Waals surface area contributed by atoms with Gasteiger partial charge in [-0.1, -0.05) is 55.0 Å². The molecule has 0 aliphatic carbocycles. The number of carbonyl (C=O) groups is 2. The summed E-state index contributed by atoms with van der Waals surface area (Å²) in [5, 5.41) is 5.38. The van der Waals surface area contributed by atoms with E-state index in [0.717, 1.165) is 25.2 Å². The molecule has 7 heteroatoms. The van der Waals surface area contributed by atoms with Crippen LogP contribution in [0.2, 0.25) is 0 Å². The number of anilines is 1. The lowest BCUT2D eigenvalue weighted by molar-refractivity contribution is -0.118. The van der Waals surface area contributed by atoms with Crippen LogP contribution in [0.5, 0.6) is 5.75 Å². The molecule has 1 aliphatic rings. The lowest BCUT2D eigenvalue weighted by Gasteiger charge is -2.26. The number of hydrogen-bond donors (Lipinski definition) is 2. The Morgan fingerprint density at radius 2 is 1.54 bits per heavy atom. The first-order valence-corrected chi connectivity index (χ1v) is 11.9. The third-order valence-electron chi connectivity index (χ3n) is 5.97. The number of ether oxygens (including phenoxy) is 1. The Kier molecular flexibility index (Phi) is 8.46. The van der Waals surface area contributed by atoms with Crippen LogP contribution in [0.25, 0.3) is 0 Å². The quantitative estimate of drug-likeness (QED) is 0.468. The monoisotopic (exact) mass is 475 g/mol. The van der Waals surface area contributed by atoms with Gasteiger partial charge in [-0.15, -0.1) is 0 Å². The highest BCUT2D eigenvalue weighted by molar-refractivity contribution is 5.97. The maximum Gasteiger partial charge on any atom is 0.262 e. The van der Waals surface area contributed by atoms with E-state index in [1.165, 1.54) is 37.0 Å². The minimum absolute atomic E-state index is 0.0778. The smallest absolute Gasteiger partial charge is 0.262 e. The number of likely N-dealkylation sites (tertiary alicyclic amines) is 1. The van der Waals surface area contributed by atoms with Crippen molar-refractivity contribution in [1.29, 1.82) is 0 Å². The third kappa shape index (κ3) is 7.13. The highest BCUT2D eigenvalue weighted by Crippen LogP contribution is 2.19. The number of benzene rings is 3. The Balaban J connectivity index is 1.28. The number of rotatable bonds is 9. The molecule has 0 radical (unpaired) electrons. The molecule has 3 aromatic rings. The van der Waals surface area contributed by atoms with Crippen molar-refractivity contribution < 1.29 is 18.7 Å². The molecule has 0 spiro atoms. The van der Waals surface area contributed by atoms with Crippen molar-refractivity contribution in [3.63, 3.8) is 0 Å². The Bertz CT molecular complexity index is 1140. The minimum Gasteiger partial charge on any atom is -0.483 e. The van der Waals surface area contributed by atoms with Crippen LogP contribution in [-0.4, -0.2) is 36.4 Å². The summed E-state index contributed by atoms with van der Waals surface area (Å²) in [7, 11) is 0. The number of para-hydroxylation sites is 2. The van der Waals surface area contributed by atoms with Crippen LogP contribution in [0.4, 0.5) is 10.1 Å². The lowest BCUT2D eigenvalue weighted by Crippen LogP contribution is -2.29. The summed E-state index contributed by atoms with van der Waals surface area (Å²) in [5.41, 5.74) is 2.68. The zero-order chi connectivity index (χ0) is 24.5. The number of nitrogens with zero attached hydrogens (tertiary/aromatic N) is 1. The Hall–Kier alpha value is -3.71. The van der Waals surface area contributed by atoms with Gasteiger partial charge in [-0.3, -0.25) is 14.5 Å². The molecule has 1 heterocycles. The van der Waals surface area contributed by atoms with E-state index >= 15 is 0 Å². The van der Waals surface area contributed by atoms with Crippen LogP contribution in [0.1, 0.15) is 40.7 Å². The Morgan fingerprint density at radius 3 is 2.31 bits per heavy atom. The molecule has 0 atom stereocenters. The second kappa shape index (κ2) is 12.1. The number of hydrogen-bond acceptors (Lipinski definition) is 4. The predicted octanol–water partition coefficient (Wildman–Crippen LogP) is 4.76. The summed E-state index contributed by atoms with van der Waals surface area (Å²) >= 11 is 0. The van der Waals surface area contributed by atoms with Crippen molar-refractivity contribution in [2.24, 2.45) is 0 Å². The van der Waals surface area contributed by atoms with Gasteiger partial charge < -0.3 is 15.4 Å². The van der Waals surface area contributed by atoms with Crippen LogP contribution in [-0.2, 0) is 17.9 Å². The highest BCUT2D eigenvalue weighted by Gasteiger charge is 2.14. The van der Waals surface area contributed by atoms with Crippen LogP contribution < -0.4 is 15.4 Å². The molecule has 0 bridgehead atoms. The van der Waals surface area contributed by atoms with Gasteiger partial charge in [0.25, 0.3) is 11.8 Å². The van der Waals surface area contributed by atoms with Gasteiger partial charge in [0, 0.05) is 13.1 Å². The molecule has 0 unspecified atom stereocenters. The van der Waals surface area contributed by atoms with Gasteiger partial charge in [-0.2, -0.15) is 0 Å². The molecule has 3 aromatic carbocycles. The van der Waals surface area contributed by atoms with E-state index in [9.17, 15) is 14.0 Å². The fourth-order valence-corrected chi connectivity index (χ4v) is 4.09. The second-order valence-corrected chi connectivity index (χ2v) is 8.65. The zero-order valence-corrected chi connectivity index (χ0v) is 19.6. The molecule has 0 aromatic heterocycles. The van der Waals surface area contributed by atoms with Gasteiger partial charge in [0.1, 0.15) is 11.6 Å². The second-order valence-electron chi connectivity index (χ2n) is 8.65. The fraction of sp³-hybridized carbons (Fsp3) is 0.286. The van der Waals surface area contributed by atoms with Gasteiger partial charge in [-0.25, -0.2) is 4.39 Å². The number of piperidine rings is 1. The number of carbonyl (C=O) groups excluding carboxylic acids is 2. The van der Waals surface area contributed by atoms with Crippen molar-refractivity contribution in [2.75, 3.05) is 25.0 Å². The number of amides is 2. The topological polar surface area (TPSA) is 70.7 Å². The Morgan fingerprint density at radius 1 is 0.857 bits per heavy atom. The molecule has 0 saturated carbocycles. The molecule has 6 nitrogen and oxygen atoms in total. The molecule has 4 rings (SSSR count). The average Bonchev–Trinajstić information content (AvgIpc) is 2.89. The molecular formula is C28H30FN3O3. The summed E-state index contributed by atoms with van der Waals surface area (Å²) in [5.74, 6) is -1.06. The predicted molar refractivity (Wildman–Crippen MR) is 134 cm³/mol. The summed E-state index contributed by atoms with van der Waals surface area (Å²) in [6.45, 7) is 3.30. The van der Waals surface area contributed by atoms with Gasteiger partial charge in [0.2, 0.25) is 0 Å². The molecular weight excluding hydrogens is 445 g/mol. The largest absolute Gasteiger partial charge is 0.483 e. The van der Waals surface area contributed by atoms with Crippen LogP contribution in [0.15, 0.2) is 72.8 Å². The van der Waals surface area contributed by atoms with Crippen molar-refractivity contribution in [2.45, 2.75) is 32.4 Å². The van der Waals surface area contributed by atoms with Gasteiger partial charge in [0.05, 0.1) is 11.3 Å². The van der Waals surface area contributed by atoms with E-state index in [-0.39, 0.29) is 24.0 Å². The van der Waals surface area contributed by atoms with Crippen molar-refractivity contribution in [3.05, 3.63) is 95.3 Å². The van der Waals surface area contributed by atoms with E-state index in [1.807, 2.05) is 12.1 Å². The van der Waals surface area contributed by atoms with E-state index < -0.39 is 11.7 Å². The maximum absolute atomic E-state index is 13.7. The van der Waals surface area contributed by atoms with Crippen LogP contribution in [0, 0.1) is 5.82 Å². The molecule has 1 saturated heterocycles. The van der Waals surface area contributed by atoms with Crippen LogP contribution >= 0.6 is 0 Å².